The smallest absolute Gasteiger partial charge is 0.431 e. The summed E-state index contributed by atoms with van der Waals surface area (Å²) in [6.45, 7) is 2.78. The number of ether oxygens (including phenoxy) is 2. The predicted octanol–water partition coefficient (Wildman–Crippen LogP) is 2.42. The van der Waals surface area contributed by atoms with Crippen molar-refractivity contribution >= 4 is 0 Å². The summed E-state index contributed by atoms with van der Waals surface area (Å²) in [4.78, 5) is 24.6. The van der Waals surface area contributed by atoms with E-state index < -0.39 is 23.1 Å². The van der Waals surface area contributed by atoms with Gasteiger partial charge in [0.2, 0.25) is 0 Å². The second-order valence-corrected chi connectivity index (χ2v) is 5.85. The van der Waals surface area contributed by atoms with Gasteiger partial charge in [0, 0.05) is 31.7 Å². The topological polar surface area (TPSA) is 62.5 Å². The van der Waals surface area contributed by atoms with Crippen molar-refractivity contribution in [3.05, 3.63) is 56.4 Å². The average molecular weight is 370 g/mol. The summed E-state index contributed by atoms with van der Waals surface area (Å²) in [5.74, 6) is 0.565. The van der Waals surface area contributed by atoms with E-state index in [1.54, 1.807) is 12.1 Å². The number of nitrogens with zero attached hydrogens (tertiary/aromatic N) is 2. The molecule has 1 aromatic carbocycles. The minimum Gasteiger partial charge on any atom is -0.493 e. The van der Waals surface area contributed by atoms with Crippen LogP contribution in [0.1, 0.15) is 30.7 Å². The molecule has 1 unspecified atom stereocenters. The molecular formula is C17H17F3N2O4. The molecule has 0 spiro atoms. The zero-order chi connectivity index (χ0) is 19.1. The fraction of sp³-hybridized carbons (Fsp3) is 0.412. The normalized spacial score (nSPS) is 16.9. The number of alkyl halides is 3. The molecule has 0 aliphatic carbocycles. The number of fused-ring (bicyclic) bond motifs is 1. The van der Waals surface area contributed by atoms with Crippen LogP contribution in [0, 0.1) is 0 Å². The lowest BCUT2D eigenvalue weighted by molar-refractivity contribution is -0.144. The van der Waals surface area contributed by atoms with Crippen molar-refractivity contribution in [2.75, 3.05) is 13.2 Å². The molecule has 0 amide bonds. The molecule has 1 atom stereocenters. The zero-order valence-corrected chi connectivity index (χ0v) is 14.2. The average Bonchev–Trinajstić information content (AvgIpc) is 2.58. The third kappa shape index (κ3) is 3.14. The summed E-state index contributed by atoms with van der Waals surface area (Å²) in [5.41, 5.74) is -2.60. The van der Waals surface area contributed by atoms with Gasteiger partial charge in [0.05, 0.1) is 18.4 Å². The van der Waals surface area contributed by atoms with Crippen molar-refractivity contribution < 1.29 is 22.6 Å². The van der Waals surface area contributed by atoms with Crippen LogP contribution < -0.4 is 16.0 Å². The summed E-state index contributed by atoms with van der Waals surface area (Å²) in [5, 5.41) is 0. The molecule has 0 saturated carbocycles. The van der Waals surface area contributed by atoms with Gasteiger partial charge in [-0.1, -0.05) is 0 Å². The highest BCUT2D eigenvalue weighted by Crippen LogP contribution is 2.35. The monoisotopic (exact) mass is 370 g/mol. The van der Waals surface area contributed by atoms with Crippen LogP contribution in [0.4, 0.5) is 13.2 Å². The molecule has 1 aliphatic heterocycles. The van der Waals surface area contributed by atoms with Crippen LogP contribution in [0.3, 0.4) is 0 Å². The molecule has 2 heterocycles. The van der Waals surface area contributed by atoms with E-state index in [0.717, 1.165) is 7.05 Å². The molecule has 3 rings (SSSR count). The van der Waals surface area contributed by atoms with Crippen LogP contribution in [0.2, 0.25) is 0 Å². The first-order chi connectivity index (χ1) is 12.2. The number of halogens is 3. The first-order valence-corrected chi connectivity index (χ1v) is 8.03. The molecule has 1 aromatic heterocycles. The van der Waals surface area contributed by atoms with Crippen LogP contribution >= 0.6 is 0 Å². The molecule has 6 nitrogen and oxygen atoms in total. The van der Waals surface area contributed by atoms with Crippen molar-refractivity contribution in [1.29, 1.82) is 0 Å². The summed E-state index contributed by atoms with van der Waals surface area (Å²) in [7, 11) is 0.978. The Kier molecular flexibility index (Phi) is 4.66. The minimum absolute atomic E-state index is 0.165. The van der Waals surface area contributed by atoms with Gasteiger partial charge in [0.1, 0.15) is 11.4 Å². The number of aromatic nitrogens is 2. The number of hydrogen-bond donors (Lipinski definition) is 0. The first-order valence-electron chi connectivity index (χ1n) is 8.03. The summed E-state index contributed by atoms with van der Waals surface area (Å²) < 4.78 is 51.2. The van der Waals surface area contributed by atoms with Crippen LogP contribution in [-0.4, -0.2) is 22.3 Å². The van der Waals surface area contributed by atoms with E-state index in [9.17, 15) is 22.8 Å². The lowest BCUT2D eigenvalue weighted by Crippen LogP contribution is -2.40. The van der Waals surface area contributed by atoms with Gasteiger partial charge >= 0.3 is 11.9 Å². The van der Waals surface area contributed by atoms with Crippen molar-refractivity contribution in [2.45, 2.75) is 25.6 Å². The summed E-state index contributed by atoms with van der Waals surface area (Å²) in [6.07, 6.45) is -4.46. The van der Waals surface area contributed by atoms with E-state index in [1.807, 2.05) is 6.92 Å². The Morgan fingerprint density at radius 3 is 2.65 bits per heavy atom. The number of benzene rings is 1. The molecule has 0 saturated heterocycles. The Hall–Kier alpha value is -2.55. The molecule has 2 aromatic rings. The quantitative estimate of drug-likeness (QED) is 0.833. The van der Waals surface area contributed by atoms with Gasteiger partial charge in [-0.05, 0) is 25.1 Å². The van der Waals surface area contributed by atoms with E-state index in [-0.39, 0.29) is 11.8 Å². The Labute approximate surface area is 146 Å². The molecular weight excluding hydrogens is 353 g/mol. The van der Waals surface area contributed by atoms with E-state index in [1.165, 1.54) is 6.07 Å². The van der Waals surface area contributed by atoms with Crippen LogP contribution in [-0.2, 0) is 18.0 Å². The van der Waals surface area contributed by atoms with Crippen LogP contribution in [0.15, 0.2) is 33.9 Å². The second-order valence-electron chi connectivity index (χ2n) is 5.85. The predicted molar refractivity (Wildman–Crippen MR) is 86.8 cm³/mol. The fourth-order valence-electron chi connectivity index (χ4n) is 3.00. The molecule has 0 radical (unpaired) electrons. The Morgan fingerprint density at radius 2 is 2.00 bits per heavy atom. The Morgan fingerprint density at radius 1 is 1.27 bits per heavy atom. The van der Waals surface area contributed by atoms with Gasteiger partial charge in [-0.15, -0.1) is 0 Å². The third-order valence-electron chi connectivity index (χ3n) is 4.21. The molecule has 0 N–H and O–H groups in total. The maximum absolute atomic E-state index is 13.0. The van der Waals surface area contributed by atoms with Gasteiger partial charge in [-0.25, -0.2) is 9.36 Å². The molecule has 26 heavy (non-hydrogen) atoms. The largest absolute Gasteiger partial charge is 0.493 e. The molecule has 0 bridgehead atoms. The Bertz CT molecular complexity index is 946. The van der Waals surface area contributed by atoms with Gasteiger partial charge in [0.15, 0.2) is 0 Å². The van der Waals surface area contributed by atoms with Crippen molar-refractivity contribution in [3.8, 4) is 11.4 Å². The van der Waals surface area contributed by atoms with Gasteiger partial charge in [-0.3, -0.25) is 9.36 Å². The molecule has 0 fully saturated rings. The van der Waals surface area contributed by atoms with Crippen LogP contribution in [0.25, 0.3) is 5.69 Å². The first kappa shape index (κ1) is 18.2. The van der Waals surface area contributed by atoms with Gasteiger partial charge in [-0.2, -0.15) is 13.2 Å². The SMILES string of the molecule is CCOC1CCOc2ccc(-n3c(=O)cc(C(F)(F)F)n(C)c3=O)cc21. The third-order valence-corrected chi connectivity index (χ3v) is 4.21. The minimum atomic E-state index is -4.80. The highest BCUT2D eigenvalue weighted by molar-refractivity contribution is 5.46. The molecule has 1 aliphatic rings. The Balaban J connectivity index is 2.17. The van der Waals surface area contributed by atoms with Crippen molar-refractivity contribution in [1.82, 2.24) is 9.13 Å². The van der Waals surface area contributed by atoms with Gasteiger partial charge < -0.3 is 9.47 Å². The molecule has 140 valence electrons. The second kappa shape index (κ2) is 6.64. The summed E-state index contributed by atoms with van der Waals surface area (Å²) in [6, 6.07) is 5.00. The van der Waals surface area contributed by atoms with E-state index >= 15 is 0 Å². The highest BCUT2D eigenvalue weighted by atomic mass is 19.4. The highest BCUT2D eigenvalue weighted by Gasteiger charge is 2.35. The van der Waals surface area contributed by atoms with E-state index in [0.29, 0.717) is 46.1 Å². The van der Waals surface area contributed by atoms with Crippen molar-refractivity contribution in [2.24, 2.45) is 7.05 Å². The summed E-state index contributed by atoms with van der Waals surface area (Å²) >= 11 is 0. The zero-order valence-electron chi connectivity index (χ0n) is 14.2. The number of hydrogen-bond acceptors (Lipinski definition) is 4. The maximum atomic E-state index is 13.0. The standard InChI is InChI=1S/C17H17F3N2O4/c1-3-25-13-6-7-26-12-5-4-10(8-11(12)13)22-15(23)9-14(17(18,19)20)21(2)16(22)24/h4-5,8-9,13H,3,6-7H2,1-2H3. The van der Waals surface area contributed by atoms with Crippen LogP contribution in [0.5, 0.6) is 5.75 Å². The fourth-order valence-corrected chi connectivity index (χ4v) is 3.00. The lowest BCUT2D eigenvalue weighted by atomic mass is 10.0. The maximum Gasteiger partial charge on any atom is 0.431 e. The van der Waals surface area contributed by atoms with Crippen molar-refractivity contribution in [3.63, 3.8) is 0 Å². The van der Waals surface area contributed by atoms with Gasteiger partial charge in [0.25, 0.3) is 5.56 Å². The van der Waals surface area contributed by atoms with E-state index in [2.05, 4.69) is 0 Å². The lowest BCUT2D eigenvalue weighted by Gasteiger charge is -2.26. The van der Waals surface area contributed by atoms with E-state index in [4.69, 9.17) is 9.47 Å². The molecule has 9 heteroatoms. The number of rotatable bonds is 3.